The molecule has 0 heterocycles. The van der Waals surface area contributed by atoms with Gasteiger partial charge in [0, 0.05) is 19.3 Å². The van der Waals surface area contributed by atoms with E-state index in [2.05, 4.69) is 81.5 Å². The van der Waals surface area contributed by atoms with Gasteiger partial charge in [-0.25, -0.2) is 0 Å². The van der Waals surface area contributed by atoms with Gasteiger partial charge in [-0.2, -0.15) is 0 Å². The van der Waals surface area contributed by atoms with E-state index in [4.69, 9.17) is 14.2 Å². The number of esters is 3. The van der Waals surface area contributed by atoms with Crippen molar-refractivity contribution in [2.45, 2.75) is 367 Å². The average molecular weight is 1090 g/mol. The van der Waals surface area contributed by atoms with Crippen LogP contribution in [-0.2, 0) is 28.6 Å². The van der Waals surface area contributed by atoms with Crippen molar-refractivity contribution >= 4 is 17.9 Å². The lowest BCUT2D eigenvalue weighted by Crippen LogP contribution is -2.30. The van der Waals surface area contributed by atoms with Crippen LogP contribution in [0, 0.1) is 0 Å². The van der Waals surface area contributed by atoms with Crippen LogP contribution in [0.5, 0.6) is 0 Å². The molecule has 0 rings (SSSR count). The maximum atomic E-state index is 12.9. The van der Waals surface area contributed by atoms with Gasteiger partial charge in [0.15, 0.2) is 6.10 Å². The molecule has 0 bridgehead atoms. The smallest absolute Gasteiger partial charge is 0.306 e. The minimum Gasteiger partial charge on any atom is -0.462 e. The van der Waals surface area contributed by atoms with E-state index < -0.39 is 6.10 Å². The van der Waals surface area contributed by atoms with Crippen LogP contribution in [0.25, 0.3) is 0 Å². The summed E-state index contributed by atoms with van der Waals surface area (Å²) in [5, 5.41) is 0. The molecule has 0 aliphatic carbocycles. The summed E-state index contributed by atoms with van der Waals surface area (Å²) in [4.78, 5) is 38.4. The van der Waals surface area contributed by atoms with Crippen molar-refractivity contribution in [1.29, 1.82) is 0 Å². The number of rotatable bonds is 63. The summed E-state index contributed by atoms with van der Waals surface area (Å²) in [5.41, 5.74) is 0. The summed E-state index contributed by atoms with van der Waals surface area (Å²) in [6.07, 6.45) is 85.2. The third-order valence-electron chi connectivity index (χ3n) is 15.2. The predicted octanol–water partition coefficient (Wildman–Crippen LogP) is 23.5. The molecular formula is C72H130O6. The number of carbonyl (C=O) groups is 3. The van der Waals surface area contributed by atoms with E-state index in [0.29, 0.717) is 19.3 Å². The first-order chi connectivity index (χ1) is 38.5. The fourth-order valence-electron chi connectivity index (χ4n) is 10.0. The van der Waals surface area contributed by atoms with Crippen LogP contribution in [0.15, 0.2) is 60.8 Å². The van der Waals surface area contributed by atoms with Crippen molar-refractivity contribution in [1.82, 2.24) is 0 Å². The van der Waals surface area contributed by atoms with Crippen LogP contribution in [0.2, 0.25) is 0 Å². The Bertz CT molecular complexity index is 1390. The molecule has 0 fully saturated rings. The monoisotopic (exact) mass is 1090 g/mol. The normalized spacial score (nSPS) is 12.4. The molecule has 0 spiro atoms. The molecule has 6 nitrogen and oxygen atoms in total. The van der Waals surface area contributed by atoms with Gasteiger partial charge in [-0.15, -0.1) is 0 Å². The number of hydrogen-bond donors (Lipinski definition) is 0. The van der Waals surface area contributed by atoms with Gasteiger partial charge in [-0.1, -0.05) is 293 Å². The van der Waals surface area contributed by atoms with Crippen LogP contribution in [0.3, 0.4) is 0 Å². The van der Waals surface area contributed by atoms with E-state index in [0.717, 1.165) is 89.9 Å². The van der Waals surface area contributed by atoms with Gasteiger partial charge in [-0.05, 0) is 109 Å². The maximum absolute atomic E-state index is 12.9. The molecule has 0 radical (unpaired) electrons. The largest absolute Gasteiger partial charge is 0.462 e. The number of ether oxygens (including phenoxy) is 3. The Morgan fingerprint density at radius 2 is 0.462 bits per heavy atom. The van der Waals surface area contributed by atoms with Crippen molar-refractivity contribution in [3.63, 3.8) is 0 Å². The topological polar surface area (TPSA) is 78.9 Å². The van der Waals surface area contributed by atoms with Gasteiger partial charge in [-0.3, -0.25) is 14.4 Å². The Kier molecular flexibility index (Phi) is 64.2. The Labute approximate surface area is 485 Å². The highest BCUT2D eigenvalue weighted by atomic mass is 16.6. The van der Waals surface area contributed by atoms with Gasteiger partial charge in [0.2, 0.25) is 0 Å². The average Bonchev–Trinajstić information content (AvgIpc) is 3.44. The standard InChI is InChI=1S/C72H130O6/c1-4-7-10-13-16-19-22-25-28-30-32-34-35-36-37-39-40-42-44-47-50-53-56-59-62-65-71(74)77-68-69(67-76-70(73)64-61-58-55-52-49-46-27-24-21-18-15-12-9-6-3)78-72(75)66-63-60-57-54-51-48-45-43-41-38-33-31-29-26-23-20-17-14-11-8-5-2/h23-24,26-27,30-33,41,43,69H,4-22,25,28-29,34-40,42,44-68H2,1-3H3/b26-23-,27-24-,32-30-,33-31-,43-41-. The molecule has 0 N–H and O–H groups in total. The summed E-state index contributed by atoms with van der Waals surface area (Å²) in [5.74, 6) is -0.882. The van der Waals surface area contributed by atoms with Crippen molar-refractivity contribution in [2.75, 3.05) is 13.2 Å². The third-order valence-corrected chi connectivity index (χ3v) is 15.2. The van der Waals surface area contributed by atoms with Crippen LogP contribution in [0.4, 0.5) is 0 Å². The minimum absolute atomic E-state index is 0.0800. The fraction of sp³-hybridized carbons (Fsp3) is 0.819. The van der Waals surface area contributed by atoms with E-state index in [9.17, 15) is 14.4 Å². The molecule has 78 heavy (non-hydrogen) atoms. The molecule has 0 aromatic heterocycles. The number of unbranched alkanes of at least 4 members (excludes halogenated alkanes) is 42. The summed E-state index contributed by atoms with van der Waals surface area (Å²) < 4.78 is 17.0. The first-order valence-electron chi connectivity index (χ1n) is 34.3. The highest BCUT2D eigenvalue weighted by Crippen LogP contribution is 2.17. The van der Waals surface area contributed by atoms with Gasteiger partial charge in [0.05, 0.1) is 0 Å². The molecule has 1 unspecified atom stereocenters. The van der Waals surface area contributed by atoms with Gasteiger partial charge in [0.25, 0.3) is 0 Å². The number of carbonyl (C=O) groups excluding carboxylic acids is 3. The molecule has 0 saturated heterocycles. The van der Waals surface area contributed by atoms with Crippen LogP contribution in [0.1, 0.15) is 361 Å². The molecule has 0 aliphatic heterocycles. The summed E-state index contributed by atoms with van der Waals surface area (Å²) in [7, 11) is 0. The molecule has 0 aromatic carbocycles. The molecule has 0 aromatic rings. The lowest BCUT2D eigenvalue weighted by Gasteiger charge is -2.18. The van der Waals surface area contributed by atoms with E-state index in [1.807, 2.05) is 0 Å². The summed E-state index contributed by atoms with van der Waals surface area (Å²) in [6, 6.07) is 0. The zero-order valence-electron chi connectivity index (χ0n) is 52.2. The molecule has 0 aliphatic rings. The number of hydrogen-bond acceptors (Lipinski definition) is 6. The molecular weight excluding hydrogens is 961 g/mol. The second kappa shape index (κ2) is 66.6. The lowest BCUT2D eigenvalue weighted by atomic mass is 10.0. The first-order valence-corrected chi connectivity index (χ1v) is 34.3. The maximum Gasteiger partial charge on any atom is 0.306 e. The summed E-state index contributed by atoms with van der Waals surface area (Å²) in [6.45, 7) is 6.65. The van der Waals surface area contributed by atoms with Crippen molar-refractivity contribution < 1.29 is 28.6 Å². The third kappa shape index (κ3) is 63.9. The van der Waals surface area contributed by atoms with E-state index in [1.54, 1.807) is 0 Å². The van der Waals surface area contributed by atoms with E-state index in [1.165, 1.54) is 231 Å². The highest BCUT2D eigenvalue weighted by molar-refractivity contribution is 5.71. The van der Waals surface area contributed by atoms with Crippen molar-refractivity contribution in [3.8, 4) is 0 Å². The molecule has 0 saturated carbocycles. The first kappa shape index (κ1) is 75.1. The predicted molar refractivity (Wildman–Crippen MR) is 339 cm³/mol. The Balaban J connectivity index is 4.31. The quantitative estimate of drug-likeness (QED) is 0.0261. The van der Waals surface area contributed by atoms with Gasteiger partial charge in [0.1, 0.15) is 13.2 Å². The lowest BCUT2D eigenvalue weighted by molar-refractivity contribution is -0.167. The summed E-state index contributed by atoms with van der Waals surface area (Å²) >= 11 is 0. The van der Waals surface area contributed by atoms with Crippen molar-refractivity contribution in [2.24, 2.45) is 0 Å². The molecule has 1 atom stereocenters. The SMILES string of the molecule is CCCCCCC/C=C\C/C=C\C/C=C\CCCCCCCCC(=O)OC(COC(=O)CCCCCCC/C=C\CCCCCCC)COC(=O)CCCCCCCCCCCCCCC/C=C\CCCCCCCCCC. The van der Waals surface area contributed by atoms with E-state index in [-0.39, 0.29) is 31.1 Å². The Morgan fingerprint density at radius 1 is 0.256 bits per heavy atom. The molecule has 454 valence electrons. The minimum atomic E-state index is -0.786. The second-order valence-corrected chi connectivity index (χ2v) is 23.1. The van der Waals surface area contributed by atoms with Crippen LogP contribution >= 0.6 is 0 Å². The molecule has 6 heteroatoms. The van der Waals surface area contributed by atoms with Gasteiger partial charge < -0.3 is 14.2 Å². The second-order valence-electron chi connectivity index (χ2n) is 23.1. The van der Waals surface area contributed by atoms with Crippen molar-refractivity contribution in [3.05, 3.63) is 60.8 Å². The molecule has 0 amide bonds. The van der Waals surface area contributed by atoms with Crippen LogP contribution < -0.4 is 0 Å². The highest BCUT2D eigenvalue weighted by Gasteiger charge is 2.19. The van der Waals surface area contributed by atoms with E-state index >= 15 is 0 Å². The number of allylic oxidation sites excluding steroid dienone is 10. The Morgan fingerprint density at radius 3 is 0.731 bits per heavy atom. The van der Waals surface area contributed by atoms with Crippen LogP contribution in [-0.4, -0.2) is 37.2 Å². The zero-order chi connectivity index (χ0) is 56.4. The Hall–Kier alpha value is -2.89. The van der Waals surface area contributed by atoms with Gasteiger partial charge >= 0.3 is 17.9 Å². The zero-order valence-corrected chi connectivity index (χ0v) is 52.2. The fourth-order valence-corrected chi connectivity index (χ4v) is 10.0.